The molecule has 0 amide bonds. The van der Waals surface area contributed by atoms with Crippen LogP contribution >= 0.6 is 0 Å². The molecule has 0 radical (unpaired) electrons. The summed E-state index contributed by atoms with van der Waals surface area (Å²) < 4.78 is 12.6. The first-order chi connectivity index (χ1) is 6.09. The number of phenolic OH excluding ortho intramolecular Hbond substituents is 1. The summed E-state index contributed by atoms with van der Waals surface area (Å²) in [5.74, 6) is -0.864. The van der Waals surface area contributed by atoms with E-state index in [0.29, 0.717) is 12.6 Å². The normalized spacial score (nSPS) is 10.8. The molecule has 0 saturated carbocycles. The lowest BCUT2D eigenvalue weighted by Gasteiger charge is -2.08. The third-order valence-electron chi connectivity index (χ3n) is 1.72. The Kier molecular flexibility index (Phi) is 3.25. The van der Waals surface area contributed by atoms with Gasteiger partial charge in [0.2, 0.25) is 0 Å². The SMILES string of the molecule is CC(C)NCc1ccc(F)c(O)c1. The Morgan fingerprint density at radius 2 is 2.15 bits per heavy atom. The van der Waals surface area contributed by atoms with Gasteiger partial charge in [0.05, 0.1) is 0 Å². The molecule has 1 aromatic carbocycles. The van der Waals surface area contributed by atoms with E-state index in [1.54, 1.807) is 6.07 Å². The van der Waals surface area contributed by atoms with Gasteiger partial charge in [0.25, 0.3) is 0 Å². The van der Waals surface area contributed by atoms with Crippen molar-refractivity contribution in [3.8, 4) is 5.75 Å². The number of benzene rings is 1. The van der Waals surface area contributed by atoms with Gasteiger partial charge in [-0.2, -0.15) is 0 Å². The van der Waals surface area contributed by atoms with E-state index >= 15 is 0 Å². The first-order valence-corrected chi connectivity index (χ1v) is 4.30. The summed E-state index contributed by atoms with van der Waals surface area (Å²) >= 11 is 0. The molecule has 0 fully saturated rings. The first kappa shape index (κ1) is 9.99. The molecule has 0 atom stereocenters. The monoisotopic (exact) mass is 183 g/mol. The summed E-state index contributed by atoms with van der Waals surface area (Å²) in [6.45, 7) is 4.71. The summed E-state index contributed by atoms with van der Waals surface area (Å²) in [5.41, 5.74) is 0.882. The fourth-order valence-electron chi connectivity index (χ4n) is 0.990. The van der Waals surface area contributed by atoms with Crippen LogP contribution in [0.15, 0.2) is 18.2 Å². The zero-order valence-corrected chi connectivity index (χ0v) is 7.84. The van der Waals surface area contributed by atoms with Crippen LogP contribution in [0.5, 0.6) is 5.75 Å². The molecule has 0 unspecified atom stereocenters. The van der Waals surface area contributed by atoms with Crippen molar-refractivity contribution in [2.45, 2.75) is 26.4 Å². The topological polar surface area (TPSA) is 32.3 Å². The van der Waals surface area contributed by atoms with Gasteiger partial charge < -0.3 is 10.4 Å². The molecule has 72 valence electrons. The number of phenols is 1. The molecule has 13 heavy (non-hydrogen) atoms. The van der Waals surface area contributed by atoms with Gasteiger partial charge in [-0.1, -0.05) is 19.9 Å². The lowest BCUT2D eigenvalue weighted by atomic mass is 10.2. The summed E-state index contributed by atoms with van der Waals surface area (Å²) in [6, 6.07) is 4.74. The van der Waals surface area contributed by atoms with Crippen LogP contribution in [0.1, 0.15) is 19.4 Å². The molecule has 1 rings (SSSR count). The quantitative estimate of drug-likeness (QED) is 0.751. The molecule has 0 aliphatic rings. The Morgan fingerprint density at radius 1 is 1.46 bits per heavy atom. The predicted octanol–water partition coefficient (Wildman–Crippen LogP) is 2.03. The third kappa shape index (κ3) is 3.03. The number of aromatic hydroxyl groups is 1. The van der Waals surface area contributed by atoms with Crippen LogP contribution < -0.4 is 5.32 Å². The van der Waals surface area contributed by atoms with Gasteiger partial charge >= 0.3 is 0 Å². The number of halogens is 1. The van der Waals surface area contributed by atoms with Crippen molar-refractivity contribution in [3.63, 3.8) is 0 Å². The van der Waals surface area contributed by atoms with Crippen LogP contribution in [0.2, 0.25) is 0 Å². The van der Waals surface area contributed by atoms with Gasteiger partial charge in [-0.3, -0.25) is 0 Å². The average molecular weight is 183 g/mol. The van der Waals surface area contributed by atoms with Gasteiger partial charge in [0.1, 0.15) is 0 Å². The molecule has 0 bridgehead atoms. The van der Waals surface area contributed by atoms with E-state index in [1.165, 1.54) is 12.1 Å². The minimum absolute atomic E-state index is 0.289. The van der Waals surface area contributed by atoms with E-state index in [1.807, 2.05) is 13.8 Å². The number of hydrogen-bond acceptors (Lipinski definition) is 2. The first-order valence-electron chi connectivity index (χ1n) is 4.30. The van der Waals surface area contributed by atoms with Crippen LogP contribution in [0, 0.1) is 5.82 Å². The average Bonchev–Trinajstić information content (AvgIpc) is 2.07. The highest BCUT2D eigenvalue weighted by Crippen LogP contribution is 2.16. The Hall–Kier alpha value is -1.09. The van der Waals surface area contributed by atoms with Gasteiger partial charge in [-0.25, -0.2) is 4.39 Å². The molecule has 0 spiro atoms. The maximum Gasteiger partial charge on any atom is 0.164 e. The number of hydrogen-bond donors (Lipinski definition) is 2. The summed E-state index contributed by atoms with van der Waals surface area (Å²) in [6.07, 6.45) is 0. The second kappa shape index (κ2) is 4.23. The highest BCUT2D eigenvalue weighted by atomic mass is 19.1. The van der Waals surface area contributed by atoms with Gasteiger partial charge in [0, 0.05) is 12.6 Å². The molecule has 0 saturated heterocycles. The standard InChI is InChI=1S/C10H14FNO/c1-7(2)12-6-8-3-4-9(11)10(13)5-8/h3-5,7,12-13H,6H2,1-2H3. The summed E-state index contributed by atoms with van der Waals surface area (Å²) in [4.78, 5) is 0. The molecule has 0 aliphatic carbocycles. The molecule has 1 aromatic rings. The van der Waals surface area contributed by atoms with Crippen LogP contribution in [0.4, 0.5) is 4.39 Å². The van der Waals surface area contributed by atoms with Crippen molar-refractivity contribution in [2.24, 2.45) is 0 Å². The highest BCUT2D eigenvalue weighted by Gasteiger charge is 2.01. The zero-order valence-electron chi connectivity index (χ0n) is 7.84. The van der Waals surface area contributed by atoms with E-state index in [0.717, 1.165) is 5.56 Å². The van der Waals surface area contributed by atoms with Crippen molar-refractivity contribution in [3.05, 3.63) is 29.6 Å². The van der Waals surface area contributed by atoms with E-state index in [9.17, 15) is 4.39 Å². The molecular formula is C10H14FNO. The molecule has 0 aromatic heterocycles. The van der Waals surface area contributed by atoms with Crippen molar-refractivity contribution < 1.29 is 9.50 Å². The van der Waals surface area contributed by atoms with E-state index in [2.05, 4.69) is 5.32 Å². The Bertz CT molecular complexity index is 286. The molecule has 0 aliphatic heterocycles. The van der Waals surface area contributed by atoms with Gasteiger partial charge in [-0.05, 0) is 17.7 Å². The molecular weight excluding hydrogens is 169 g/mol. The molecule has 2 nitrogen and oxygen atoms in total. The van der Waals surface area contributed by atoms with Gasteiger partial charge in [-0.15, -0.1) is 0 Å². The van der Waals surface area contributed by atoms with Crippen molar-refractivity contribution in [1.82, 2.24) is 5.32 Å². The van der Waals surface area contributed by atoms with Crippen molar-refractivity contribution in [2.75, 3.05) is 0 Å². The maximum absolute atomic E-state index is 12.6. The fraction of sp³-hybridized carbons (Fsp3) is 0.400. The molecule has 0 heterocycles. The minimum atomic E-state index is -0.576. The van der Waals surface area contributed by atoms with Crippen LogP contribution in [0.25, 0.3) is 0 Å². The zero-order chi connectivity index (χ0) is 9.84. The Labute approximate surface area is 77.4 Å². The van der Waals surface area contributed by atoms with Crippen LogP contribution in [-0.2, 0) is 6.54 Å². The highest BCUT2D eigenvalue weighted by molar-refractivity contribution is 5.28. The number of nitrogens with one attached hydrogen (secondary N) is 1. The van der Waals surface area contributed by atoms with Crippen molar-refractivity contribution >= 4 is 0 Å². The lowest BCUT2D eigenvalue weighted by molar-refractivity contribution is 0.431. The maximum atomic E-state index is 12.6. The molecule has 3 heteroatoms. The fourth-order valence-corrected chi connectivity index (χ4v) is 0.990. The van der Waals surface area contributed by atoms with Crippen LogP contribution in [-0.4, -0.2) is 11.1 Å². The second-order valence-corrected chi connectivity index (χ2v) is 3.32. The van der Waals surface area contributed by atoms with Crippen LogP contribution in [0.3, 0.4) is 0 Å². The third-order valence-corrected chi connectivity index (χ3v) is 1.72. The summed E-state index contributed by atoms with van der Waals surface area (Å²) in [7, 11) is 0. The molecule has 2 N–H and O–H groups in total. The van der Waals surface area contributed by atoms with Gasteiger partial charge in [0.15, 0.2) is 11.6 Å². The van der Waals surface area contributed by atoms with E-state index < -0.39 is 5.82 Å². The predicted molar refractivity (Wildman–Crippen MR) is 50.0 cm³/mol. The smallest absolute Gasteiger partial charge is 0.164 e. The van der Waals surface area contributed by atoms with E-state index in [4.69, 9.17) is 5.11 Å². The Morgan fingerprint density at radius 3 is 2.69 bits per heavy atom. The second-order valence-electron chi connectivity index (χ2n) is 3.32. The number of rotatable bonds is 3. The van der Waals surface area contributed by atoms with Crippen molar-refractivity contribution in [1.29, 1.82) is 0 Å². The Balaban J connectivity index is 2.63. The summed E-state index contributed by atoms with van der Waals surface area (Å²) in [5, 5.41) is 12.2. The minimum Gasteiger partial charge on any atom is -0.505 e. The largest absolute Gasteiger partial charge is 0.505 e. The lowest BCUT2D eigenvalue weighted by Crippen LogP contribution is -2.21. The van der Waals surface area contributed by atoms with E-state index in [-0.39, 0.29) is 5.75 Å².